The molecule has 0 aliphatic carbocycles. The minimum atomic E-state index is 0.191. The molecule has 1 aliphatic rings. The molecule has 2 heterocycles. The molecule has 0 spiro atoms. The summed E-state index contributed by atoms with van der Waals surface area (Å²) in [6.45, 7) is 10.2. The third-order valence-electron chi connectivity index (χ3n) is 4.88. The van der Waals surface area contributed by atoms with Gasteiger partial charge in [0.15, 0.2) is 0 Å². The molecule has 1 amide bonds. The molecule has 6 nitrogen and oxygen atoms in total. The average molecular weight is 362 g/mol. The van der Waals surface area contributed by atoms with Crippen molar-refractivity contribution in [1.29, 1.82) is 0 Å². The minimum absolute atomic E-state index is 0.191. The first-order valence-electron chi connectivity index (χ1n) is 10.2. The highest BCUT2D eigenvalue weighted by Crippen LogP contribution is 2.25. The van der Waals surface area contributed by atoms with Crippen LogP contribution in [0.5, 0.6) is 0 Å². The second-order valence-corrected chi connectivity index (χ2v) is 7.71. The second kappa shape index (κ2) is 11.0. The molecule has 1 fully saturated rings. The molecule has 2 N–H and O–H groups in total. The maximum Gasteiger partial charge on any atom is 0.220 e. The number of nitrogens with one attached hydrogen (secondary N) is 2. The van der Waals surface area contributed by atoms with Crippen LogP contribution in [0.2, 0.25) is 0 Å². The normalized spacial score (nSPS) is 17.4. The van der Waals surface area contributed by atoms with Crippen molar-refractivity contribution in [3.05, 3.63) is 12.4 Å². The zero-order valence-corrected chi connectivity index (χ0v) is 16.6. The SMILES string of the molecule is CCCNc1cc(N2CCC[C@@H](CCC(=O)NCCC(C)C)C2)ncn1. The van der Waals surface area contributed by atoms with Gasteiger partial charge >= 0.3 is 0 Å². The molecule has 0 radical (unpaired) electrons. The minimum Gasteiger partial charge on any atom is -0.370 e. The molecular formula is C20H35N5O. The van der Waals surface area contributed by atoms with E-state index in [1.165, 1.54) is 6.42 Å². The van der Waals surface area contributed by atoms with Gasteiger partial charge in [0.25, 0.3) is 0 Å². The zero-order valence-electron chi connectivity index (χ0n) is 16.6. The molecule has 0 saturated carbocycles. The molecule has 1 aromatic heterocycles. The molecule has 2 rings (SSSR count). The van der Waals surface area contributed by atoms with Crippen LogP contribution in [-0.2, 0) is 4.79 Å². The monoisotopic (exact) mass is 361 g/mol. The van der Waals surface area contributed by atoms with Gasteiger partial charge in [0, 0.05) is 38.7 Å². The van der Waals surface area contributed by atoms with E-state index in [1.807, 2.05) is 6.07 Å². The second-order valence-electron chi connectivity index (χ2n) is 7.71. The number of piperidine rings is 1. The lowest BCUT2D eigenvalue weighted by molar-refractivity contribution is -0.121. The Kier molecular flexibility index (Phi) is 8.65. The zero-order chi connectivity index (χ0) is 18.8. The number of aromatic nitrogens is 2. The summed E-state index contributed by atoms with van der Waals surface area (Å²) in [5.41, 5.74) is 0. The van der Waals surface area contributed by atoms with Gasteiger partial charge in [0.2, 0.25) is 5.91 Å². The summed E-state index contributed by atoms with van der Waals surface area (Å²) in [6, 6.07) is 2.04. The molecule has 6 heteroatoms. The van der Waals surface area contributed by atoms with Crippen molar-refractivity contribution >= 4 is 17.5 Å². The van der Waals surface area contributed by atoms with Crippen molar-refractivity contribution in [3.63, 3.8) is 0 Å². The van der Waals surface area contributed by atoms with E-state index >= 15 is 0 Å². The maximum atomic E-state index is 12.0. The molecule has 0 unspecified atom stereocenters. The van der Waals surface area contributed by atoms with Crippen LogP contribution in [0.4, 0.5) is 11.6 Å². The van der Waals surface area contributed by atoms with Crippen LogP contribution < -0.4 is 15.5 Å². The molecule has 0 bridgehead atoms. The van der Waals surface area contributed by atoms with Crippen LogP contribution in [0.3, 0.4) is 0 Å². The van der Waals surface area contributed by atoms with Gasteiger partial charge in [-0.25, -0.2) is 9.97 Å². The van der Waals surface area contributed by atoms with E-state index < -0.39 is 0 Å². The van der Waals surface area contributed by atoms with Gasteiger partial charge in [-0.05, 0) is 43.9 Å². The Labute approximate surface area is 158 Å². The lowest BCUT2D eigenvalue weighted by Gasteiger charge is -2.33. The summed E-state index contributed by atoms with van der Waals surface area (Å²) in [6.07, 6.45) is 7.69. The predicted octanol–water partition coefficient (Wildman–Crippen LogP) is 3.46. The highest BCUT2D eigenvalue weighted by molar-refractivity contribution is 5.75. The van der Waals surface area contributed by atoms with Crippen LogP contribution >= 0.6 is 0 Å². The number of amides is 1. The van der Waals surface area contributed by atoms with Crippen molar-refractivity contribution in [3.8, 4) is 0 Å². The molecule has 1 aliphatic heterocycles. The molecule has 146 valence electrons. The highest BCUT2D eigenvalue weighted by Gasteiger charge is 2.22. The van der Waals surface area contributed by atoms with Crippen molar-refractivity contribution in [1.82, 2.24) is 15.3 Å². The Balaban J connectivity index is 1.78. The van der Waals surface area contributed by atoms with E-state index in [1.54, 1.807) is 6.33 Å². The fourth-order valence-electron chi connectivity index (χ4n) is 3.30. The highest BCUT2D eigenvalue weighted by atomic mass is 16.1. The number of carbonyl (C=O) groups excluding carboxylic acids is 1. The third kappa shape index (κ3) is 7.18. The molecule has 0 aromatic carbocycles. The molecule has 1 atom stereocenters. The number of carbonyl (C=O) groups is 1. The van der Waals surface area contributed by atoms with Gasteiger partial charge in [-0.15, -0.1) is 0 Å². The summed E-state index contributed by atoms with van der Waals surface area (Å²) in [5, 5.41) is 6.36. The maximum absolute atomic E-state index is 12.0. The Bertz CT molecular complexity index is 549. The van der Waals surface area contributed by atoms with Crippen LogP contribution in [0.1, 0.15) is 59.3 Å². The fourth-order valence-corrected chi connectivity index (χ4v) is 3.30. The summed E-state index contributed by atoms with van der Waals surface area (Å²) < 4.78 is 0. The average Bonchev–Trinajstić information content (AvgIpc) is 2.65. The van der Waals surface area contributed by atoms with E-state index in [0.717, 1.165) is 63.5 Å². The van der Waals surface area contributed by atoms with E-state index in [4.69, 9.17) is 0 Å². The first kappa shape index (κ1) is 20.5. The quantitative estimate of drug-likeness (QED) is 0.668. The Morgan fingerprint density at radius 3 is 2.96 bits per heavy atom. The predicted molar refractivity (Wildman–Crippen MR) is 107 cm³/mol. The van der Waals surface area contributed by atoms with Gasteiger partial charge in [-0.3, -0.25) is 4.79 Å². The van der Waals surface area contributed by atoms with Gasteiger partial charge < -0.3 is 15.5 Å². The lowest BCUT2D eigenvalue weighted by Crippen LogP contribution is -2.36. The van der Waals surface area contributed by atoms with Gasteiger partial charge in [-0.2, -0.15) is 0 Å². The number of hydrogen-bond donors (Lipinski definition) is 2. The Morgan fingerprint density at radius 1 is 1.35 bits per heavy atom. The molecule has 1 saturated heterocycles. The first-order valence-corrected chi connectivity index (χ1v) is 10.2. The molecule has 26 heavy (non-hydrogen) atoms. The summed E-state index contributed by atoms with van der Waals surface area (Å²) in [4.78, 5) is 23.1. The van der Waals surface area contributed by atoms with Gasteiger partial charge in [0.05, 0.1) is 0 Å². The Morgan fingerprint density at radius 2 is 2.19 bits per heavy atom. The van der Waals surface area contributed by atoms with E-state index in [-0.39, 0.29) is 5.91 Å². The number of rotatable bonds is 10. The standard InChI is InChI=1S/C20H35N5O/c1-4-10-21-18-13-19(24-15-23-18)25-12-5-6-17(14-25)7-8-20(26)22-11-9-16(2)3/h13,15-17H,4-12,14H2,1-3H3,(H,22,26)(H,21,23,24)/t17-/m0/s1. The van der Waals surface area contributed by atoms with Gasteiger partial charge in [-0.1, -0.05) is 20.8 Å². The summed E-state index contributed by atoms with van der Waals surface area (Å²) in [7, 11) is 0. The molecule has 1 aromatic rings. The first-order chi connectivity index (χ1) is 12.6. The van der Waals surface area contributed by atoms with Crippen molar-refractivity contribution in [2.24, 2.45) is 11.8 Å². The third-order valence-corrected chi connectivity index (χ3v) is 4.88. The van der Waals surface area contributed by atoms with Crippen LogP contribution in [-0.4, -0.2) is 42.1 Å². The van der Waals surface area contributed by atoms with Crippen molar-refractivity contribution < 1.29 is 4.79 Å². The van der Waals surface area contributed by atoms with E-state index in [9.17, 15) is 4.79 Å². The summed E-state index contributed by atoms with van der Waals surface area (Å²) >= 11 is 0. The van der Waals surface area contributed by atoms with Crippen LogP contribution in [0, 0.1) is 11.8 Å². The smallest absolute Gasteiger partial charge is 0.220 e. The number of nitrogens with zero attached hydrogens (tertiary/aromatic N) is 3. The van der Waals surface area contributed by atoms with Crippen molar-refractivity contribution in [2.45, 2.75) is 59.3 Å². The van der Waals surface area contributed by atoms with Crippen molar-refractivity contribution in [2.75, 3.05) is 36.4 Å². The Hall–Kier alpha value is -1.85. The van der Waals surface area contributed by atoms with E-state index in [0.29, 0.717) is 18.3 Å². The number of hydrogen-bond acceptors (Lipinski definition) is 5. The fraction of sp³-hybridized carbons (Fsp3) is 0.750. The summed E-state index contributed by atoms with van der Waals surface area (Å²) in [5.74, 6) is 3.26. The van der Waals surface area contributed by atoms with Crippen LogP contribution in [0.25, 0.3) is 0 Å². The van der Waals surface area contributed by atoms with E-state index in [2.05, 4.69) is 46.3 Å². The number of anilines is 2. The van der Waals surface area contributed by atoms with Crippen LogP contribution in [0.15, 0.2) is 12.4 Å². The largest absolute Gasteiger partial charge is 0.370 e. The lowest BCUT2D eigenvalue weighted by atomic mass is 9.93. The topological polar surface area (TPSA) is 70.2 Å². The van der Waals surface area contributed by atoms with Gasteiger partial charge in [0.1, 0.15) is 18.0 Å². The molecular weight excluding hydrogens is 326 g/mol.